The molecular formula is C16H19N3O4S. The standard InChI is InChI=1S/C16H19N3O4S/c1-10-4-3-5-11(14(10)20)8-19-7-6-12-13(9-19)17-16(18-15(12)21)24(2,22)23/h3-5,20H,6-9H2,1-2H3,(H,17,18,21). The van der Waals surface area contributed by atoms with Gasteiger partial charge in [0.15, 0.2) is 0 Å². The van der Waals surface area contributed by atoms with Gasteiger partial charge in [-0.25, -0.2) is 13.4 Å². The van der Waals surface area contributed by atoms with Crippen molar-refractivity contribution in [1.29, 1.82) is 0 Å². The molecule has 2 N–H and O–H groups in total. The van der Waals surface area contributed by atoms with Crippen molar-refractivity contribution in [3.05, 3.63) is 50.9 Å². The van der Waals surface area contributed by atoms with Crippen LogP contribution in [0.3, 0.4) is 0 Å². The molecule has 0 amide bonds. The van der Waals surface area contributed by atoms with Gasteiger partial charge >= 0.3 is 0 Å². The number of nitrogens with zero attached hydrogens (tertiary/aromatic N) is 2. The molecule has 0 unspecified atom stereocenters. The van der Waals surface area contributed by atoms with Gasteiger partial charge in [0.05, 0.1) is 5.69 Å². The number of aromatic nitrogens is 2. The Kier molecular flexibility index (Phi) is 4.18. The number of phenolic OH excluding ortho intramolecular Hbond substituents is 1. The quantitative estimate of drug-likeness (QED) is 0.793. The first-order valence-corrected chi connectivity index (χ1v) is 9.47. The number of fused-ring (bicyclic) bond motifs is 1. The number of para-hydroxylation sites is 1. The maximum absolute atomic E-state index is 12.1. The lowest BCUT2D eigenvalue weighted by molar-refractivity contribution is 0.236. The Balaban J connectivity index is 1.90. The van der Waals surface area contributed by atoms with E-state index in [2.05, 4.69) is 9.97 Å². The monoisotopic (exact) mass is 349 g/mol. The lowest BCUT2D eigenvalue weighted by Crippen LogP contribution is -2.35. The summed E-state index contributed by atoms with van der Waals surface area (Å²) in [4.78, 5) is 20.6. The number of hydrogen-bond donors (Lipinski definition) is 2. The summed E-state index contributed by atoms with van der Waals surface area (Å²) in [6.45, 7) is 3.36. The number of aryl methyl sites for hydroxylation is 1. The first-order valence-electron chi connectivity index (χ1n) is 7.57. The molecule has 8 heteroatoms. The second-order valence-electron chi connectivity index (χ2n) is 6.11. The highest BCUT2D eigenvalue weighted by atomic mass is 32.2. The summed E-state index contributed by atoms with van der Waals surface area (Å²) in [5.41, 5.74) is 2.23. The highest BCUT2D eigenvalue weighted by Crippen LogP contribution is 2.25. The number of hydrogen-bond acceptors (Lipinski definition) is 6. The van der Waals surface area contributed by atoms with E-state index in [1.54, 1.807) is 0 Å². The second-order valence-corrected chi connectivity index (χ2v) is 8.04. The van der Waals surface area contributed by atoms with Gasteiger partial charge < -0.3 is 5.11 Å². The van der Waals surface area contributed by atoms with Gasteiger partial charge in [-0.15, -0.1) is 0 Å². The molecule has 1 aromatic heterocycles. The fraction of sp³-hybridized carbons (Fsp3) is 0.375. The maximum Gasteiger partial charge on any atom is 0.255 e. The van der Waals surface area contributed by atoms with Crippen LogP contribution in [0.1, 0.15) is 22.4 Å². The van der Waals surface area contributed by atoms with Crippen LogP contribution >= 0.6 is 0 Å². The largest absolute Gasteiger partial charge is 0.507 e. The third kappa shape index (κ3) is 3.20. The Hall–Kier alpha value is -2.19. The third-order valence-corrected chi connectivity index (χ3v) is 5.09. The van der Waals surface area contributed by atoms with E-state index >= 15 is 0 Å². The first-order chi connectivity index (χ1) is 11.3. The molecule has 1 aromatic carbocycles. The minimum atomic E-state index is -3.57. The predicted molar refractivity (Wildman–Crippen MR) is 88.6 cm³/mol. The van der Waals surface area contributed by atoms with Gasteiger partial charge in [-0.2, -0.15) is 0 Å². The number of phenols is 1. The predicted octanol–water partition coefficient (Wildman–Crippen LogP) is 0.746. The molecule has 0 bridgehead atoms. The molecule has 1 aliphatic heterocycles. The van der Waals surface area contributed by atoms with Crippen LogP contribution in [-0.4, -0.2) is 41.2 Å². The average molecular weight is 349 g/mol. The lowest BCUT2D eigenvalue weighted by Gasteiger charge is -2.28. The van der Waals surface area contributed by atoms with E-state index in [4.69, 9.17) is 0 Å². The Morgan fingerprint density at radius 1 is 1.38 bits per heavy atom. The van der Waals surface area contributed by atoms with Crippen molar-refractivity contribution in [3.63, 3.8) is 0 Å². The molecule has 0 aliphatic carbocycles. The van der Waals surface area contributed by atoms with Gasteiger partial charge in [0.2, 0.25) is 15.0 Å². The number of aromatic amines is 1. The van der Waals surface area contributed by atoms with E-state index in [1.807, 2.05) is 30.0 Å². The van der Waals surface area contributed by atoms with Crippen molar-refractivity contribution in [2.45, 2.75) is 31.6 Å². The Labute approximate surface area is 139 Å². The molecule has 3 rings (SSSR count). The van der Waals surface area contributed by atoms with Crippen molar-refractivity contribution in [2.75, 3.05) is 12.8 Å². The van der Waals surface area contributed by atoms with E-state index in [9.17, 15) is 18.3 Å². The van der Waals surface area contributed by atoms with E-state index < -0.39 is 15.4 Å². The molecule has 1 aliphatic rings. The second kappa shape index (κ2) is 6.03. The van der Waals surface area contributed by atoms with E-state index in [0.717, 1.165) is 17.4 Å². The minimum Gasteiger partial charge on any atom is -0.507 e. The third-order valence-electron chi connectivity index (χ3n) is 4.20. The first kappa shape index (κ1) is 16.7. The normalized spacial score (nSPS) is 15.2. The van der Waals surface area contributed by atoms with Gasteiger partial charge in [-0.1, -0.05) is 18.2 Å². The zero-order valence-electron chi connectivity index (χ0n) is 13.5. The smallest absolute Gasteiger partial charge is 0.255 e. The topological polar surface area (TPSA) is 103 Å². The van der Waals surface area contributed by atoms with E-state index in [-0.39, 0.29) is 10.9 Å². The SMILES string of the molecule is Cc1cccc(CN2CCc3c(nc(S(C)(=O)=O)[nH]c3=O)C2)c1O. The van der Waals surface area contributed by atoms with Gasteiger partial charge in [0.25, 0.3) is 5.56 Å². The molecule has 24 heavy (non-hydrogen) atoms. The summed E-state index contributed by atoms with van der Waals surface area (Å²) in [6.07, 6.45) is 1.51. The molecule has 2 aromatic rings. The molecule has 2 heterocycles. The average Bonchev–Trinajstić information content (AvgIpc) is 2.50. The molecule has 7 nitrogen and oxygen atoms in total. The summed E-state index contributed by atoms with van der Waals surface area (Å²) in [6, 6.07) is 5.57. The van der Waals surface area contributed by atoms with Crippen molar-refractivity contribution >= 4 is 9.84 Å². The number of aromatic hydroxyl groups is 1. The lowest BCUT2D eigenvalue weighted by atomic mass is 10.0. The maximum atomic E-state index is 12.1. The van der Waals surface area contributed by atoms with Crippen LogP contribution in [0.2, 0.25) is 0 Å². The highest BCUT2D eigenvalue weighted by molar-refractivity contribution is 7.90. The zero-order chi connectivity index (χ0) is 17.5. The Bertz CT molecular complexity index is 950. The number of sulfone groups is 1. The molecule has 0 saturated heterocycles. The van der Waals surface area contributed by atoms with Crippen LogP contribution < -0.4 is 5.56 Å². The van der Waals surface area contributed by atoms with Crippen LogP contribution in [-0.2, 0) is 29.3 Å². The number of rotatable bonds is 3. The van der Waals surface area contributed by atoms with E-state index in [1.165, 1.54) is 0 Å². The molecule has 0 radical (unpaired) electrons. The highest BCUT2D eigenvalue weighted by Gasteiger charge is 2.24. The Morgan fingerprint density at radius 2 is 2.12 bits per heavy atom. The summed E-state index contributed by atoms with van der Waals surface area (Å²) >= 11 is 0. The van der Waals surface area contributed by atoms with Gasteiger partial charge in [-0.3, -0.25) is 14.7 Å². The van der Waals surface area contributed by atoms with Crippen LogP contribution in [0.15, 0.2) is 28.2 Å². The number of nitrogens with one attached hydrogen (secondary N) is 1. The van der Waals surface area contributed by atoms with E-state index in [0.29, 0.717) is 37.3 Å². The number of benzene rings is 1. The fourth-order valence-corrected chi connectivity index (χ4v) is 3.42. The summed E-state index contributed by atoms with van der Waals surface area (Å²) in [5.74, 6) is 0.263. The van der Waals surface area contributed by atoms with Crippen LogP contribution in [0.5, 0.6) is 5.75 Å². The van der Waals surface area contributed by atoms with Gasteiger partial charge in [0.1, 0.15) is 5.75 Å². The summed E-state index contributed by atoms with van der Waals surface area (Å²) < 4.78 is 23.3. The molecule has 0 fully saturated rings. The molecule has 0 spiro atoms. The molecule has 0 saturated carbocycles. The minimum absolute atomic E-state index is 0.263. The fourth-order valence-electron chi connectivity index (χ4n) is 2.87. The van der Waals surface area contributed by atoms with Gasteiger partial charge in [0, 0.05) is 37.0 Å². The van der Waals surface area contributed by atoms with Crippen molar-refractivity contribution in [2.24, 2.45) is 0 Å². The van der Waals surface area contributed by atoms with Crippen LogP contribution in [0, 0.1) is 6.92 Å². The van der Waals surface area contributed by atoms with Crippen LogP contribution in [0.25, 0.3) is 0 Å². The Morgan fingerprint density at radius 3 is 2.83 bits per heavy atom. The van der Waals surface area contributed by atoms with Crippen molar-refractivity contribution < 1.29 is 13.5 Å². The molecule has 128 valence electrons. The van der Waals surface area contributed by atoms with Crippen molar-refractivity contribution in [3.8, 4) is 5.75 Å². The molecular weight excluding hydrogens is 330 g/mol. The van der Waals surface area contributed by atoms with Gasteiger partial charge in [-0.05, 0) is 18.9 Å². The molecule has 0 atom stereocenters. The number of H-pyrrole nitrogens is 1. The zero-order valence-corrected chi connectivity index (χ0v) is 14.4. The van der Waals surface area contributed by atoms with Crippen LogP contribution in [0.4, 0.5) is 0 Å². The van der Waals surface area contributed by atoms with Crippen molar-refractivity contribution in [1.82, 2.24) is 14.9 Å². The summed E-state index contributed by atoms with van der Waals surface area (Å²) in [5, 5.41) is 9.84. The summed E-state index contributed by atoms with van der Waals surface area (Å²) in [7, 11) is -3.57.